The van der Waals surface area contributed by atoms with Gasteiger partial charge >= 0.3 is 5.69 Å². The largest absolute Gasteiger partial charge is 0.329 e. The number of nitrogens with one attached hydrogen (secondary N) is 1. The molecule has 0 radical (unpaired) electrons. The third-order valence-corrected chi connectivity index (χ3v) is 3.47. The van der Waals surface area contributed by atoms with Crippen LogP contribution in [0.3, 0.4) is 0 Å². The van der Waals surface area contributed by atoms with Crippen molar-refractivity contribution >= 4 is 11.6 Å². The number of nitrogens with zero attached hydrogens (tertiary/aromatic N) is 1. The van der Waals surface area contributed by atoms with Crippen LogP contribution in [0.25, 0.3) is 11.1 Å². The summed E-state index contributed by atoms with van der Waals surface area (Å²) < 4.78 is 1.23. The van der Waals surface area contributed by atoms with Crippen molar-refractivity contribution in [2.45, 2.75) is 32.7 Å². The summed E-state index contributed by atoms with van der Waals surface area (Å²) >= 11 is 6.03. The number of hydrogen-bond donors (Lipinski definition) is 1. The Morgan fingerprint density at radius 1 is 1.15 bits per heavy atom. The number of halogens is 1. The number of unbranched alkanes of at least 4 members (excludes halogenated alkanes) is 2. The van der Waals surface area contributed by atoms with E-state index in [1.165, 1.54) is 4.57 Å². The first-order chi connectivity index (χ1) is 9.65. The molecule has 2 rings (SSSR count). The van der Waals surface area contributed by atoms with Gasteiger partial charge in [0.1, 0.15) is 5.15 Å². The molecule has 0 unspecified atom stereocenters. The molecule has 0 spiro atoms. The molecular formula is C15H17ClN2O2. The lowest BCUT2D eigenvalue weighted by Gasteiger charge is -2.09. The van der Waals surface area contributed by atoms with Crippen LogP contribution in [0, 0.1) is 0 Å². The second-order valence-corrected chi connectivity index (χ2v) is 5.03. The fraction of sp³-hybridized carbons (Fsp3) is 0.333. The zero-order valence-electron chi connectivity index (χ0n) is 11.4. The molecule has 20 heavy (non-hydrogen) atoms. The Bertz CT molecular complexity index is 689. The Morgan fingerprint density at radius 3 is 2.50 bits per heavy atom. The lowest BCUT2D eigenvalue weighted by Crippen LogP contribution is -2.36. The molecule has 0 aliphatic heterocycles. The normalized spacial score (nSPS) is 10.7. The number of aromatic nitrogens is 2. The molecule has 1 heterocycles. The molecule has 106 valence electrons. The van der Waals surface area contributed by atoms with Crippen LogP contribution < -0.4 is 11.2 Å². The van der Waals surface area contributed by atoms with Crippen molar-refractivity contribution in [3.05, 3.63) is 56.3 Å². The SMILES string of the molecule is CCCCCn1c(=O)[nH]c(Cl)c(-c2ccccc2)c1=O. The Hall–Kier alpha value is -1.81. The van der Waals surface area contributed by atoms with Gasteiger partial charge in [-0.15, -0.1) is 0 Å². The standard InChI is InChI=1S/C15H17ClN2O2/c1-2-3-7-10-18-14(19)12(13(16)17-15(18)20)11-8-5-4-6-9-11/h4-6,8-9H,2-3,7,10H2,1H3,(H,17,20). The van der Waals surface area contributed by atoms with Crippen LogP contribution in [0.15, 0.2) is 39.9 Å². The van der Waals surface area contributed by atoms with Crippen LogP contribution in [0.5, 0.6) is 0 Å². The zero-order chi connectivity index (χ0) is 14.5. The van der Waals surface area contributed by atoms with Crippen LogP contribution in [0.4, 0.5) is 0 Å². The Morgan fingerprint density at radius 2 is 1.85 bits per heavy atom. The van der Waals surface area contributed by atoms with Crippen LogP contribution in [0.2, 0.25) is 5.15 Å². The monoisotopic (exact) mass is 292 g/mol. The maximum atomic E-state index is 12.5. The van der Waals surface area contributed by atoms with Crippen molar-refractivity contribution in [1.82, 2.24) is 9.55 Å². The first-order valence-electron chi connectivity index (χ1n) is 6.73. The van der Waals surface area contributed by atoms with Crippen molar-refractivity contribution in [1.29, 1.82) is 0 Å². The fourth-order valence-electron chi connectivity index (χ4n) is 2.12. The number of rotatable bonds is 5. The molecule has 0 saturated heterocycles. The van der Waals surface area contributed by atoms with Gasteiger partial charge in [0, 0.05) is 6.54 Å². The van der Waals surface area contributed by atoms with Gasteiger partial charge in [0.15, 0.2) is 0 Å². The molecule has 1 aromatic carbocycles. The minimum atomic E-state index is -0.448. The third-order valence-electron chi connectivity index (χ3n) is 3.19. The van der Waals surface area contributed by atoms with Crippen LogP contribution in [-0.2, 0) is 6.54 Å². The minimum absolute atomic E-state index is 0.0953. The first-order valence-corrected chi connectivity index (χ1v) is 7.11. The van der Waals surface area contributed by atoms with E-state index in [1.54, 1.807) is 12.1 Å². The maximum Gasteiger partial charge on any atom is 0.329 e. The highest BCUT2D eigenvalue weighted by Gasteiger charge is 2.13. The average Bonchev–Trinajstić information content (AvgIpc) is 2.43. The molecule has 0 aliphatic rings. The van der Waals surface area contributed by atoms with Crippen LogP contribution in [-0.4, -0.2) is 9.55 Å². The number of H-pyrrole nitrogens is 1. The summed E-state index contributed by atoms with van der Waals surface area (Å²) in [4.78, 5) is 26.9. The highest BCUT2D eigenvalue weighted by molar-refractivity contribution is 6.32. The van der Waals surface area contributed by atoms with Gasteiger partial charge in [-0.2, -0.15) is 0 Å². The number of aromatic amines is 1. The molecule has 5 heteroatoms. The first kappa shape index (κ1) is 14.6. The summed E-state index contributed by atoms with van der Waals surface area (Å²) in [6, 6.07) is 9.13. The lowest BCUT2D eigenvalue weighted by atomic mass is 10.1. The molecule has 4 nitrogen and oxygen atoms in total. The summed E-state index contributed by atoms with van der Waals surface area (Å²) in [5.74, 6) is 0. The summed E-state index contributed by atoms with van der Waals surface area (Å²) in [6.07, 6.45) is 2.82. The van der Waals surface area contributed by atoms with Gasteiger partial charge in [-0.25, -0.2) is 4.79 Å². The molecule has 0 bridgehead atoms. The smallest absolute Gasteiger partial charge is 0.297 e. The highest BCUT2D eigenvalue weighted by atomic mass is 35.5. The molecule has 0 aliphatic carbocycles. The van der Waals surface area contributed by atoms with E-state index in [2.05, 4.69) is 11.9 Å². The van der Waals surface area contributed by atoms with E-state index >= 15 is 0 Å². The second-order valence-electron chi connectivity index (χ2n) is 4.65. The minimum Gasteiger partial charge on any atom is -0.297 e. The predicted octanol–water partition coefficient (Wildman–Crippen LogP) is 3.05. The van der Waals surface area contributed by atoms with E-state index < -0.39 is 5.69 Å². The molecule has 1 aromatic heterocycles. The van der Waals surface area contributed by atoms with Gasteiger partial charge in [0.2, 0.25) is 0 Å². The van der Waals surface area contributed by atoms with Crippen molar-refractivity contribution in [2.24, 2.45) is 0 Å². The molecule has 0 fully saturated rings. The molecule has 1 N–H and O–H groups in total. The number of hydrogen-bond acceptors (Lipinski definition) is 2. The van der Waals surface area contributed by atoms with E-state index in [0.717, 1.165) is 19.3 Å². The van der Waals surface area contributed by atoms with Crippen LogP contribution in [0.1, 0.15) is 26.2 Å². The molecule has 0 amide bonds. The summed E-state index contributed by atoms with van der Waals surface area (Å²) in [6.45, 7) is 2.49. The molecule has 2 aromatic rings. The van der Waals surface area contributed by atoms with Crippen LogP contribution >= 0.6 is 11.6 Å². The summed E-state index contributed by atoms with van der Waals surface area (Å²) in [5, 5.41) is 0.0953. The van der Waals surface area contributed by atoms with Gasteiger partial charge in [-0.05, 0) is 12.0 Å². The Labute approximate surface area is 122 Å². The van der Waals surface area contributed by atoms with E-state index in [9.17, 15) is 9.59 Å². The van der Waals surface area contributed by atoms with E-state index in [0.29, 0.717) is 17.7 Å². The van der Waals surface area contributed by atoms with Crippen molar-refractivity contribution in [3.63, 3.8) is 0 Å². The van der Waals surface area contributed by atoms with Crippen molar-refractivity contribution in [3.8, 4) is 11.1 Å². The highest BCUT2D eigenvalue weighted by Crippen LogP contribution is 2.20. The van der Waals surface area contributed by atoms with Gasteiger partial charge < -0.3 is 0 Å². The zero-order valence-corrected chi connectivity index (χ0v) is 12.1. The second kappa shape index (κ2) is 6.57. The average molecular weight is 293 g/mol. The lowest BCUT2D eigenvalue weighted by molar-refractivity contribution is 0.564. The molecular weight excluding hydrogens is 276 g/mol. The van der Waals surface area contributed by atoms with E-state index in [-0.39, 0.29) is 10.7 Å². The van der Waals surface area contributed by atoms with Gasteiger partial charge in [-0.1, -0.05) is 61.7 Å². The van der Waals surface area contributed by atoms with Gasteiger partial charge in [0.05, 0.1) is 5.56 Å². The Kier molecular flexibility index (Phi) is 4.79. The number of benzene rings is 1. The predicted molar refractivity (Wildman–Crippen MR) is 81.3 cm³/mol. The van der Waals surface area contributed by atoms with E-state index in [4.69, 9.17) is 11.6 Å². The molecule has 0 atom stereocenters. The third kappa shape index (κ3) is 3.02. The van der Waals surface area contributed by atoms with E-state index in [1.807, 2.05) is 18.2 Å². The van der Waals surface area contributed by atoms with Gasteiger partial charge in [0.25, 0.3) is 5.56 Å². The molecule has 0 saturated carbocycles. The summed E-state index contributed by atoms with van der Waals surface area (Å²) in [5.41, 5.74) is 0.281. The Balaban J connectivity index is 2.51. The van der Waals surface area contributed by atoms with Crippen molar-refractivity contribution < 1.29 is 0 Å². The fourth-order valence-corrected chi connectivity index (χ4v) is 2.39. The van der Waals surface area contributed by atoms with Crippen molar-refractivity contribution in [2.75, 3.05) is 0 Å². The van der Waals surface area contributed by atoms with Gasteiger partial charge in [-0.3, -0.25) is 14.3 Å². The summed E-state index contributed by atoms with van der Waals surface area (Å²) in [7, 11) is 0. The topological polar surface area (TPSA) is 54.9 Å². The quantitative estimate of drug-likeness (QED) is 0.680. The maximum absolute atomic E-state index is 12.5.